The number of benzene rings is 3. The smallest absolute Gasteiger partial charge is 0.0862 e. The summed E-state index contributed by atoms with van der Waals surface area (Å²) < 4.78 is 1.86. The zero-order chi connectivity index (χ0) is 19.5. The molecule has 0 spiro atoms. The minimum atomic E-state index is 0.666. The van der Waals surface area contributed by atoms with Gasteiger partial charge in [0, 0.05) is 20.6 Å². The van der Waals surface area contributed by atoms with Crippen LogP contribution in [0.4, 0.5) is 0 Å². The van der Waals surface area contributed by atoms with Crippen LogP contribution in [0.5, 0.6) is 0 Å². The molecule has 0 fully saturated rings. The maximum atomic E-state index is 6.45. The number of rotatable bonds is 4. The number of hydrogen-bond donors (Lipinski definition) is 0. The van der Waals surface area contributed by atoms with Crippen LogP contribution in [-0.2, 0) is 0 Å². The molecule has 0 amide bonds. The lowest BCUT2D eigenvalue weighted by atomic mass is 10.1. The number of halogens is 3. The number of hydrogen-bond acceptors (Lipinski definition) is 1. The molecule has 2 nitrogen and oxygen atoms in total. The SMILES string of the molecule is Clc1ccc(-n2nc(C=Cc3ccccc3Cl)cc2-c2ccccc2Cl)cc1. The van der Waals surface area contributed by atoms with Gasteiger partial charge in [-0.05, 0) is 54.1 Å². The summed E-state index contributed by atoms with van der Waals surface area (Å²) in [7, 11) is 0. The van der Waals surface area contributed by atoms with E-state index in [1.165, 1.54) is 0 Å². The van der Waals surface area contributed by atoms with Crippen molar-refractivity contribution in [1.82, 2.24) is 9.78 Å². The molecule has 0 aliphatic carbocycles. The van der Waals surface area contributed by atoms with Crippen molar-refractivity contribution in [2.45, 2.75) is 0 Å². The summed E-state index contributed by atoms with van der Waals surface area (Å²) in [6.45, 7) is 0. The third-order valence-electron chi connectivity index (χ3n) is 4.29. The van der Waals surface area contributed by atoms with Crippen LogP contribution in [0, 0.1) is 0 Å². The highest BCUT2D eigenvalue weighted by Gasteiger charge is 2.13. The second kappa shape index (κ2) is 8.24. The van der Waals surface area contributed by atoms with Crippen LogP contribution < -0.4 is 0 Å². The van der Waals surface area contributed by atoms with E-state index in [1.807, 2.05) is 95.7 Å². The zero-order valence-corrected chi connectivity index (χ0v) is 17.0. The lowest BCUT2D eigenvalue weighted by Gasteiger charge is -2.09. The van der Waals surface area contributed by atoms with E-state index in [2.05, 4.69) is 0 Å². The molecule has 0 N–H and O–H groups in total. The Labute approximate surface area is 178 Å². The summed E-state index contributed by atoms with van der Waals surface area (Å²) in [4.78, 5) is 0. The Kier molecular flexibility index (Phi) is 5.54. The molecule has 4 aromatic rings. The van der Waals surface area contributed by atoms with E-state index in [9.17, 15) is 0 Å². The number of aromatic nitrogens is 2. The van der Waals surface area contributed by atoms with Gasteiger partial charge in [0.25, 0.3) is 0 Å². The molecule has 0 saturated carbocycles. The van der Waals surface area contributed by atoms with E-state index in [1.54, 1.807) is 0 Å². The van der Waals surface area contributed by atoms with E-state index in [0.717, 1.165) is 28.2 Å². The maximum Gasteiger partial charge on any atom is 0.0862 e. The van der Waals surface area contributed by atoms with Crippen molar-refractivity contribution in [3.8, 4) is 16.9 Å². The normalized spacial score (nSPS) is 11.2. The van der Waals surface area contributed by atoms with Gasteiger partial charge >= 0.3 is 0 Å². The van der Waals surface area contributed by atoms with Crippen molar-refractivity contribution in [1.29, 1.82) is 0 Å². The molecule has 5 heteroatoms. The maximum absolute atomic E-state index is 6.45. The van der Waals surface area contributed by atoms with Crippen LogP contribution in [0.3, 0.4) is 0 Å². The van der Waals surface area contributed by atoms with E-state index in [4.69, 9.17) is 39.9 Å². The van der Waals surface area contributed by atoms with Gasteiger partial charge in [-0.2, -0.15) is 5.10 Å². The lowest BCUT2D eigenvalue weighted by molar-refractivity contribution is 0.883. The summed E-state index contributed by atoms with van der Waals surface area (Å²) in [6, 6.07) is 24.9. The van der Waals surface area contributed by atoms with Crippen molar-refractivity contribution < 1.29 is 0 Å². The van der Waals surface area contributed by atoms with Crippen molar-refractivity contribution in [2.24, 2.45) is 0 Å². The van der Waals surface area contributed by atoms with Crippen molar-refractivity contribution in [3.63, 3.8) is 0 Å². The van der Waals surface area contributed by atoms with Crippen LogP contribution >= 0.6 is 34.8 Å². The van der Waals surface area contributed by atoms with Gasteiger partial charge in [-0.3, -0.25) is 0 Å². The van der Waals surface area contributed by atoms with Crippen molar-refractivity contribution in [3.05, 3.63) is 105 Å². The molecular weight excluding hydrogens is 411 g/mol. The average Bonchev–Trinajstić information content (AvgIpc) is 3.12. The van der Waals surface area contributed by atoms with Gasteiger partial charge in [-0.25, -0.2) is 4.68 Å². The quantitative estimate of drug-likeness (QED) is 0.328. The molecule has 3 aromatic carbocycles. The Balaban J connectivity index is 1.81. The summed E-state index contributed by atoms with van der Waals surface area (Å²) in [5.74, 6) is 0. The first-order valence-corrected chi connectivity index (χ1v) is 9.79. The molecule has 0 aliphatic heterocycles. The van der Waals surface area contributed by atoms with Gasteiger partial charge < -0.3 is 0 Å². The van der Waals surface area contributed by atoms with Crippen LogP contribution in [0.15, 0.2) is 78.9 Å². The van der Waals surface area contributed by atoms with E-state index >= 15 is 0 Å². The summed E-state index contributed by atoms with van der Waals surface area (Å²) in [6.07, 6.45) is 3.89. The molecule has 0 aliphatic rings. The fraction of sp³-hybridized carbons (Fsp3) is 0. The fourth-order valence-electron chi connectivity index (χ4n) is 2.91. The molecule has 0 unspecified atom stereocenters. The lowest BCUT2D eigenvalue weighted by Crippen LogP contribution is -1.99. The van der Waals surface area contributed by atoms with Crippen LogP contribution in [0.2, 0.25) is 15.1 Å². The topological polar surface area (TPSA) is 17.8 Å². The standard InChI is InChI=1S/C23H15Cl3N2/c24-17-10-13-19(14-11-17)28-23(20-6-2-4-8-22(20)26)15-18(27-28)12-9-16-5-1-3-7-21(16)25/h1-15H. The van der Waals surface area contributed by atoms with E-state index in [0.29, 0.717) is 15.1 Å². The predicted molar refractivity (Wildman–Crippen MR) is 119 cm³/mol. The fourth-order valence-corrected chi connectivity index (χ4v) is 3.46. The first-order chi connectivity index (χ1) is 13.6. The third kappa shape index (κ3) is 4.00. The first kappa shape index (κ1) is 18.8. The van der Waals surface area contributed by atoms with Gasteiger partial charge in [0.05, 0.1) is 17.1 Å². The Hall–Kier alpha value is -2.52. The van der Waals surface area contributed by atoms with Crippen LogP contribution in [-0.4, -0.2) is 9.78 Å². The van der Waals surface area contributed by atoms with Crippen LogP contribution in [0.1, 0.15) is 11.3 Å². The van der Waals surface area contributed by atoms with Gasteiger partial charge in [-0.1, -0.05) is 77.3 Å². The van der Waals surface area contributed by atoms with Gasteiger partial charge in [0.1, 0.15) is 0 Å². The zero-order valence-electron chi connectivity index (χ0n) is 14.7. The highest BCUT2D eigenvalue weighted by molar-refractivity contribution is 6.33. The molecule has 0 bridgehead atoms. The highest BCUT2D eigenvalue weighted by atomic mass is 35.5. The molecule has 0 saturated heterocycles. The summed E-state index contributed by atoms with van der Waals surface area (Å²) in [5, 5.41) is 6.79. The van der Waals surface area contributed by atoms with Crippen molar-refractivity contribution >= 4 is 47.0 Å². The first-order valence-electron chi connectivity index (χ1n) is 8.65. The molecule has 0 radical (unpaired) electrons. The minimum Gasteiger partial charge on any atom is -0.232 e. The largest absolute Gasteiger partial charge is 0.232 e. The molecule has 138 valence electrons. The summed E-state index contributed by atoms with van der Waals surface area (Å²) >= 11 is 18.7. The average molecular weight is 426 g/mol. The Morgan fingerprint density at radius 1 is 0.714 bits per heavy atom. The van der Waals surface area contributed by atoms with Gasteiger partial charge in [0.2, 0.25) is 0 Å². The number of nitrogens with zero attached hydrogens (tertiary/aromatic N) is 2. The predicted octanol–water partition coefficient (Wildman–Crippen LogP) is 7.67. The molecule has 4 rings (SSSR count). The van der Waals surface area contributed by atoms with Gasteiger partial charge in [0.15, 0.2) is 0 Å². The second-order valence-electron chi connectivity index (χ2n) is 6.18. The monoisotopic (exact) mass is 424 g/mol. The second-order valence-corrected chi connectivity index (χ2v) is 7.43. The van der Waals surface area contributed by atoms with E-state index < -0.39 is 0 Å². The Morgan fingerprint density at radius 2 is 1.39 bits per heavy atom. The Morgan fingerprint density at radius 3 is 2.11 bits per heavy atom. The van der Waals surface area contributed by atoms with Gasteiger partial charge in [-0.15, -0.1) is 0 Å². The highest BCUT2D eigenvalue weighted by Crippen LogP contribution is 2.31. The molecular formula is C23H15Cl3N2. The van der Waals surface area contributed by atoms with Crippen LogP contribution in [0.25, 0.3) is 29.1 Å². The third-order valence-corrected chi connectivity index (χ3v) is 5.21. The van der Waals surface area contributed by atoms with Crippen molar-refractivity contribution in [2.75, 3.05) is 0 Å². The molecule has 28 heavy (non-hydrogen) atoms. The molecule has 0 atom stereocenters. The molecule has 1 aromatic heterocycles. The molecule has 1 heterocycles. The minimum absolute atomic E-state index is 0.666. The Bertz CT molecular complexity index is 1140. The van der Waals surface area contributed by atoms with E-state index in [-0.39, 0.29) is 0 Å². The summed E-state index contributed by atoms with van der Waals surface area (Å²) in [5.41, 5.74) is 4.43.